The molecule has 0 spiro atoms. The quantitative estimate of drug-likeness (QED) is 0.365. The molecule has 0 aliphatic carbocycles. The number of hydrogen-bond acceptors (Lipinski definition) is 5. The van der Waals surface area contributed by atoms with Gasteiger partial charge < -0.3 is 14.6 Å². The Morgan fingerprint density at radius 3 is 2.38 bits per heavy atom. The van der Waals surface area contributed by atoms with Crippen molar-refractivity contribution in [1.82, 2.24) is 4.98 Å². The molecule has 0 unspecified atom stereocenters. The minimum atomic E-state index is -4.78. The second-order valence-corrected chi connectivity index (χ2v) is 3.32. The second-order valence-electron chi connectivity index (χ2n) is 1.97. The van der Waals surface area contributed by atoms with E-state index < -0.39 is 26.3 Å². The molecule has 0 aromatic carbocycles. The third kappa shape index (κ3) is 2.82. The number of aromatic amines is 1. The second kappa shape index (κ2) is 4.25. The average molecular weight is 213 g/mol. The molecule has 66 valence electrons. The van der Waals surface area contributed by atoms with Gasteiger partial charge in [-0.3, -0.25) is 4.79 Å². The molecule has 2 N–H and O–H groups in total. The fraction of sp³-hybridized carbons (Fsp3) is 0. The molecule has 1 rings (SSSR count). The fourth-order valence-electron chi connectivity index (χ4n) is 0.654. The molecule has 1 aromatic heterocycles. The Kier molecular flexibility index (Phi) is 4.14. The van der Waals surface area contributed by atoms with Crippen molar-refractivity contribution in [2.24, 2.45) is 0 Å². The summed E-state index contributed by atoms with van der Waals surface area (Å²) in [4.78, 5) is 11.7. The van der Waals surface area contributed by atoms with E-state index in [-0.39, 0.29) is 29.6 Å². The molecule has 0 aliphatic rings. The van der Waals surface area contributed by atoms with Gasteiger partial charge in [0.25, 0.3) is 5.56 Å². The summed E-state index contributed by atoms with van der Waals surface area (Å²) in [6.45, 7) is 0. The van der Waals surface area contributed by atoms with Gasteiger partial charge in [-0.05, 0) is 6.07 Å². The van der Waals surface area contributed by atoms with E-state index in [4.69, 9.17) is 5.11 Å². The maximum Gasteiger partial charge on any atom is 1.00 e. The maximum absolute atomic E-state index is 10.6. The number of H-pyrrole nitrogens is 1. The Morgan fingerprint density at radius 1 is 1.46 bits per heavy atom. The number of rotatable bonds is 1. The Balaban J connectivity index is 0.00000144. The third-order valence-electron chi connectivity index (χ3n) is 1.17. The van der Waals surface area contributed by atoms with Gasteiger partial charge >= 0.3 is 29.6 Å². The summed E-state index contributed by atoms with van der Waals surface area (Å²) >= 11 is 0. The van der Waals surface area contributed by atoms with Gasteiger partial charge in [0.2, 0.25) is 0 Å². The molecule has 1 aromatic rings. The molecule has 1 heterocycles. The number of aromatic hydroxyl groups is 1. The van der Waals surface area contributed by atoms with Crippen molar-refractivity contribution in [2.75, 3.05) is 0 Å². The molecule has 8 heteroatoms. The summed E-state index contributed by atoms with van der Waals surface area (Å²) in [6.07, 6.45) is 0.965. The van der Waals surface area contributed by atoms with Gasteiger partial charge in [-0.25, -0.2) is 8.42 Å². The summed E-state index contributed by atoms with van der Waals surface area (Å²) in [6, 6.07) is 0.819. The SMILES string of the molecule is O=c1[nH]ccc(S(=O)(=O)[O-])c1O.[Na+]. The largest absolute Gasteiger partial charge is 1.00 e. The van der Waals surface area contributed by atoms with Gasteiger partial charge in [-0.15, -0.1) is 0 Å². The van der Waals surface area contributed by atoms with Crippen LogP contribution in [0.4, 0.5) is 0 Å². The van der Waals surface area contributed by atoms with Crippen LogP contribution in [0, 0.1) is 0 Å². The smallest absolute Gasteiger partial charge is 0.744 e. The zero-order chi connectivity index (χ0) is 9.35. The topological polar surface area (TPSA) is 110 Å². The average Bonchev–Trinajstić information content (AvgIpc) is 1.92. The van der Waals surface area contributed by atoms with Crippen LogP contribution >= 0.6 is 0 Å². The van der Waals surface area contributed by atoms with Gasteiger partial charge in [0, 0.05) is 6.20 Å². The molecule has 13 heavy (non-hydrogen) atoms. The van der Waals surface area contributed by atoms with Crippen molar-refractivity contribution in [1.29, 1.82) is 0 Å². The first-order valence-electron chi connectivity index (χ1n) is 2.79. The van der Waals surface area contributed by atoms with Gasteiger partial charge in [0.15, 0.2) is 5.75 Å². The van der Waals surface area contributed by atoms with Crippen LogP contribution in [0.3, 0.4) is 0 Å². The first kappa shape index (κ1) is 12.7. The summed E-state index contributed by atoms with van der Waals surface area (Å²) in [5.74, 6) is -1.08. The van der Waals surface area contributed by atoms with Crippen molar-refractivity contribution in [3.63, 3.8) is 0 Å². The number of pyridine rings is 1. The van der Waals surface area contributed by atoms with Crippen LogP contribution in [0.5, 0.6) is 5.75 Å². The molecule has 0 saturated carbocycles. The molecular formula is C5H4NNaO5S. The van der Waals surface area contributed by atoms with Crippen LogP contribution in [0.2, 0.25) is 0 Å². The molecule has 0 bridgehead atoms. The van der Waals surface area contributed by atoms with E-state index in [1.807, 2.05) is 4.98 Å². The molecule has 0 amide bonds. The van der Waals surface area contributed by atoms with E-state index in [9.17, 15) is 17.8 Å². The molecule has 0 radical (unpaired) electrons. The van der Waals surface area contributed by atoms with Crippen LogP contribution < -0.4 is 35.1 Å². The standard InChI is InChI=1S/C5H5NO5S.Na/c7-4-3(12(9,10)11)1-2-6-5(4)8;/h1-2,7H,(H,6,8)(H,9,10,11);/q;+1/p-1. The van der Waals surface area contributed by atoms with E-state index in [1.165, 1.54) is 0 Å². The summed E-state index contributed by atoms with van der Waals surface area (Å²) < 4.78 is 31.0. The molecular weight excluding hydrogens is 209 g/mol. The number of nitrogens with one attached hydrogen (secondary N) is 1. The number of aromatic nitrogens is 1. The van der Waals surface area contributed by atoms with Crippen molar-refractivity contribution in [2.45, 2.75) is 4.90 Å². The van der Waals surface area contributed by atoms with Crippen LogP contribution in [0.15, 0.2) is 22.0 Å². The van der Waals surface area contributed by atoms with Crippen LogP contribution in [-0.4, -0.2) is 23.1 Å². The Labute approximate surface area is 95.6 Å². The predicted octanol–water partition coefficient (Wildman–Crippen LogP) is -4.01. The van der Waals surface area contributed by atoms with Gasteiger partial charge in [0.05, 0.1) is 0 Å². The molecule has 0 aliphatic heterocycles. The minimum Gasteiger partial charge on any atom is -0.744 e. The third-order valence-corrected chi connectivity index (χ3v) is 2.04. The first-order chi connectivity index (χ1) is 5.43. The van der Waals surface area contributed by atoms with Crippen LogP contribution in [-0.2, 0) is 10.1 Å². The van der Waals surface area contributed by atoms with Crippen molar-refractivity contribution in [3.05, 3.63) is 22.6 Å². The normalized spacial score (nSPS) is 10.5. The van der Waals surface area contributed by atoms with E-state index in [0.29, 0.717) is 0 Å². The monoisotopic (exact) mass is 213 g/mol. The van der Waals surface area contributed by atoms with Gasteiger partial charge in [0.1, 0.15) is 15.0 Å². The molecule has 0 fully saturated rings. The Morgan fingerprint density at radius 2 is 2.00 bits per heavy atom. The Hall–Kier alpha value is -0.340. The zero-order valence-corrected chi connectivity index (χ0v) is 9.46. The Bertz CT molecular complexity index is 450. The maximum atomic E-state index is 10.6. The van der Waals surface area contributed by atoms with Crippen molar-refractivity contribution in [3.8, 4) is 5.75 Å². The van der Waals surface area contributed by atoms with Crippen molar-refractivity contribution < 1.29 is 47.6 Å². The van der Waals surface area contributed by atoms with E-state index in [0.717, 1.165) is 12.3 Å². The molecule has 0 atom stereocenters. The summed E-state index contributed by atoms with van der Waals surface area (Å²) in [5.41, 5.74) is -1.01. The predicted molar refractivity (Wildman–Crippen MR) is 36.7 cm³/mol. The molecule has 6 nitrogen and oxygen atoms in total. The van der Waals surface area contributed by atoms with Crippen LogP contribution in [0.25, 0.3) is 0 Å². The van der Waals surface area contributed by atoms with Crippen molar-refractivity contribution >= 4 is 10.1 Å². The van der Waals surface area contributed by atoms with Crippen LogP contribution in [0.1, 0.15) is 0 Å². The van der Waals surface area contributed by atoms with Gasteiger partial charge in [-0.1, -0.05) is 0 Å². The van der Waals surface area contributed by atoms with Gasteiger partial charge in [-0.2, -0.15) is 0 Å². The zero-order valence-electron chi connectivity index (χ0n) is 6.64. The fourth-order valence-corrected chi connectivity index (χ4v) is 1.22. The van der Waals surface area contributed by atoms with E-state index in [2.05, 4.69) is 0 Å². The van der Waals surface area contributed by atoms with E-state index >= 15 is 0 Å². The van der Waals surface area contributed by atoms with E-state index in [1.54, 1.807) is 0 Å². The summed E-state index contributed by atoms with van der Waals surface area (Å²) in [5, 5.41) is 8.81. The first-order valence-corrected chi connectivity index (χ1v) is 4.20. The summed E-state index contributed by atoms with van der Waals surface area (Å²) in [7, 11) is -4.78. The number of hydrogen-bond donors (Lipinski definition) is 2. The molecule has 0 saturated heterocycles. The minimum absolute atomic E-state index is 0.